The van der Waals surface area contributed by atoms with Crippen LogP contribution in [0, 0.1) is 0 Å². The minimum Gasteiger partial charge on any atom is -0.504 e. The van der Waals surface area contributed by atoms with E-state index in [-0.39, 0.29) is 17.7 Å². The number of benzene rings is 2. The van der Waals surface area contributed by atoms with Crippen molar-refractivity contribution in [2.24, 2.45) is 0 Å². The Labute approximate surface area is 191 Å². The van der Waals surface area contributed by atoms with Crippen LogP contribution in [0.25, 0.3) is 17.0 Å². The van der Waals surface area contributed by atoms with Gasteiger partial charge in [0.1, 0.15) is 5.75 Å². The number of phenolic OH excluding ortho intramolecular Hbond substituents is 1. The SMILES string of the molecule is CCCN1C(=O)NC(c2ccc(OC)c(O)c2)C(c2nc(-c3cccc(OC)c3)no2)=C1C. The van der Waals surface area contributed by atoms with Crippen LogP contribution in [-0.4, -0.2) is 46.9 Å². The van der Waals surface area contributed by atoms with Gasteiger partial charge in [0.15, 0.2) is 11.5 Å². The summed E-state index contributed by atoms with van der Waals surface area (Å²) < 4.78 is 16.1. The number of allylic oxidation sites excluding steroid dienone is 1. The first kappa shape index (κ1) is 22.2. The fourth-order valence-electron chi connectivity index (χ4n) is 3.90. The summed E-state index contributed by atoms with van der Waals surface area (Å²) in [6.45, 7) is 4.40. The summed E-state index contributed by atoms with van der Waals surface area (Å²) in [5.74, 6) is 1.68. The topological polar surface area (TPSA) is 110 Å². The largest absolute Gasteiger partial charge is 0.504 e. The molecule has 4 rings (SSSR count). The number of methoxy groups -OCH3 is 2. The van der Waals surface area contributed by atoms with Crippen molar-refractivity contribution in [2.45, 2.75) is 26.3 Å². The number of aromatic hydroxyl groups is 1. The molecule has 0 fully saturated rings. The molecular formula is C24H26N4O5. The first-order chi connectivity index (χ1) is 16.0. The Kier molecular flexibility index (Phi) is 6.21. The molecule has 0 bridgehead atoms. The van der Waals surface area contributed by atoms with Crippen LogP contribution in [0.15, 0.2) is 52.7 Å². The van der Waals surface area contributed by atoms with Crippen LogP contribution in [0.5, 0.6) is 17.2 Å². The number of aromatic nitrogens is 2. The number of phenols is 1. The smallest absolute Gasteiger partial charge is 0.322 e. The number of hydrogen-bond acceptors (Lipinski definition) is 7. The minimum absolute atomic E-state index is 0.0279. The van der Waals surface area contributed by atoms with Gasteiger partial charge < -0.3 is 24.4 Å². The molecule has 1 aliphatic rings. The predicted octanol–water partition coefficient (Wildman–Crippen LogP) is 4.37. The Balaban J connectivity index is 1.81. The zero-order valence-corrected chi connectivity index (χ0v) is 19.0. The number of ether oxygens (including phenoxy) is 2. The van der Waals surface area contributed by atoms with Gasteiger partial charge in [-0.05, 0) is 43.2 Å². The van der Waals surface area contributed by atoms with E-state index in [4.69, 9.17) is 14.0 Å². The Hall–Kier alpha value is -4.01. The van der Waals surface area contributed by atoms with Crippen LogP contribution in [0.3, 0.4) is 0 Å². The molecule has 1 aromatic heterocycles. The summed E-state index contributed by atoms with van der Waals surface area (Å²) >= 11 is 0. The van der Waals surface area contributed by atoms with Crippen LogP contribution < -0.4 is 14.8 Å². The molecule has 0 aliphatic carbocycles. The van der Waals surface area contributed by atoms with Crippen molar-refractivity contribution in [3.8, 4) is 28.6 Å². The number of urea groups is 1. The van der Waals surface area contributed by atoms with Gasteiger partial charge in [-0.2, -0.15) is 4.98 Å². The predicted molar refractivity (Wildman–Crippen MR) is 122 cm³/mol. The van der Waals surface area contributed by atoms with Crippen LogP contribution >= 0.6 is 0 Å². The number of amides is 2. The molecule has 2 N–H and O–H groups in total. The quantitative estimate of drug-likeness (QED) is 0.550. The van der Waals surface area contributed by atoms with Gasteiger partial charge >= 0.3 is 6.03 Å². The molecule has 2 amide bonds. The summed E-state index contributed by atoms with van der Waals surface area (Å²) in [5, 5.41) is 17.5. The molecule has 1 unspecified atom stereocenters. The second-order valence-electron chi connectivity index (χ2n) is 7.62. The molecule has 9 heteroatoms. The van der Waals surface area contributed by atoms with E-state index < -0.39 is 6.04 Å². The third-order valence-electron chi connectivity index (χ3n) is 5.56. The highest BCUT2D eigenvalue weighted by Gasteiger charge is 2.35. The van der Waals surface area contributed by atoms with Crippen molar-refractivity contribution >= 4 is 11.6 Å². The molecule has 172 valence electrons. The average molecular weight is 450 g/mol. The van der Waals surface area contributed by atoms with E-state index >= 15 is 0 Å². The summed E-state index contributed by atoms with van der Waals surface area (Å²) in [5.41, 5.74) is 2.77. The fraction of sp³-hybridized carbons (Fsp3) is 0.292. The number of nitrogens with zero attached hydrogens (tertiary/aromatic N) is 3. The van der Waals surface area contributed by atoms with Gasteiger partial charge in [-0.15, -0.1) is 0 Å². The van der Waals surface area contributed by atoms with Gasteiger partial charge in [0.25, 0.3) is 5.89 Å². The van der Waals surface area contributed by atoms with Crippen molar-refractivity contribution < 1.29 is 23.9 Å². The molecule has 1 aliphatic heterocycles. The number of carbonyl (C=O) groups excluding carboxylic acids is 1. The second kappa shape index (κ2) is 9.23. The molecule has 9 nitrogen and oxygen atoms in total. The Morgan fingerprint density at radius 3 is 2.70 bits per heavy atom. The fourth-order valence-corrected chi connectivity index (χ4v) is 3.90. The number of hydrogen-bond donors (Lipinski definition) is 2. The first-order valence-electron chi connectivity index (χ1n) is 10.6. The van der Waals surface area contributed by atoms with Crippen molar-refractivity contribution in [3.05, 3.63) is 59.6 Å². The maximum atomic E-state index is 12.9. The van der Waals surface area contributed by atoms with Crippen molar-refractivity contribution in [2.75, 3.05) is 20.8 Å². The standard InChI is InChI=1S/C24H26N4O5/c1-5-11-28-14(2)20(21(25-24(28)30)15-9-10-19(32-4)18(29)13-15)23-26-22(27-33-23)16-7-6-8-17(12-16)31-3/h6-10,12-13,21,29H,5,11H2,1-4H3,(H,25,30). The Morgan fingerprint density at radius 1 is 1.18 bits per heavy atom. The highest BCUT2D eigenvalue weighted by Crippen LogP contribution is 2.39. The van der Waals surface area contributed by atoms with E-state index in [1.807, 2.05) is 38.1 Å². The van der Waals surface area contributed by atoms with Crippen molar-refractivity contribution in [1.82, 2.24) is 20.4 Å². The van der Waals surface area contributed by atoms with E-state index in [9.17, 15) is 9.90 Å². The maximum Gasteiger partial charge on any atom is 0.322 e. The summed E-state index contributed by atoms with van der Waals surface area (Å²) in [6.07, 6.45) is 0.783. The first-order valence-corrected chi connectivity index (χ1v) is 10.6. The molecule has 2 heterocycles. The molecule has 0 radical (unpaired) electrons. The van der Waals surface area contributed by atoms with Crippen molar-refractivity contribution in [1.29, 1.82) is 0 Å². The zero-order chi connectivity index (χ0) is 23.5. The molecule has 3 aromatic rings. The van der Waals surface area contributed by atoms with Gasteiger partial charge in [-0.1, -0.05) is 30.3 Å². The van der Waals surface area contributed by atoms with Crippen LogP contribution in [0.4, 0.5) is 4.79 Å². The highest BCUT2D eigenvalue weighted by atomic mass is 16.5. The van der Waals surface area contributed by atoms with Gasteiger partial charge in [-0.25, -0.2) is 4.79 Å². The molecule has 0 saturated carbocycles. The molecule has 1 atom stereocenters. The molecule has 0 saturated heterocycles. The van der Waals surface area contributed by atoms with Crippen LogP contribution in [-0.2, 0) is 0 Å². The zero-order valence-electron chi connectivity index (χ0n) is 19.0. The monoisotopic (exact) mass is 450 g/mol. The average Bonchev–Trinajstić information content (AvgIpc) is 3.31. The lowest BCUT2D eigenvalue weighted by Crippen LogP contribution is -2.46. The minimum atomic E-state index is -0.596. The number of carbonyl (C=O) groups is 1. The normalized spacial score (nSPS) is 16.1. The molecule has 0 spiro atoms. The lowest BCUT2D eigenvalue weighted by Gasteiger charge is -2.35. The number of rotatable bonds is 7. The van der Waals surface area contributed by atoms with E-state index in [1.165, 1.54) is 7.11 Å². The summed E-state index contributed by atoms with van der Waals surface area (Å²) in [4.78, 5) is 19.2. The highest BCUT2D eigenvalue weighted by molar-refractivity contribution is 5.87. The Bertz CT molecular complexity index is 1200. The third kappa shape index (κ3) is 4.21. The van der Waals surface area contributed by atoms with Gasteiger partial charge in [0, 0.05) is 17.8 Å². The summed E-state index contributed by atoms with van der Waals surface area (Å²) in [6, 6.07) is 11.5. The van der Waals surface area contributed by atoms with Gasteiger partial charge in [0.05, 0.1) is 25.8 Å². The van der Waals surface area contributed by atoms with E-state index in [1.54, 1.807) is 30.2 Å². The van der Waals surface area contributed by atoms with Gasteiger partial charge in [-0.3, -0.25) is 4.90 Å². The van der Waals surface area contributed by atoms with E-state index in [0.29, 0.717) is 40.7 Å². The maximum absolute atomic E-state index is 12.9. The van der Waals surface area contributed by atoms with E-state index in [0.717, 1.165) is 12.0 Å². The van der Waals surface area contributed by atoms with Crippen LogP contribution in [0.1, 0.15) is 37.8 Å². The number of nitrogens with one attached hydrogen (secondary N) is 1. The summed E-state index contributed by atoms with van der Waals surface area (Å²) in [7, 11) is 3.07. The lowest BCUT2D eigenvalue weighted by molar-refractivity contribution is 0.205. The van der Waals surface area contributed by atoms with Gasteiger partial charge in [0.2, 0.25) is 5.82 Å². The van der Waals surface area contributed by atoms with E-state index in [2.05, 4.69) is 15.5 Å². The molecule has 33 heavy (non-hydrogen) atoms. The molecular weight excluding hydrogens is 424 g/mol. The Morgan fingerprint density at radius 2 is 2.00 bits per heavy atom. The third-order valence-corrected chi connectivity index (χ3v) is 5.56. The second-order valence-corrected chi connectivity index (χ2v) is 7.62. The van der Waals surface area contributed by atoms with Crippen LogP contribution in [0.2, 0.25) is 0 Å². The van der Waals surface area contributed by atoms with Crippen molar-refractivity contribution in [3.63, 3.8) is 0 Å². The molecule has 2 aromatic carbocycles. The lowest BCUT2D eigenvalue weighted by atomic mass is 9.94.